The quantitative estimate of drug-likeness (QED) is 0.776. The Morgan fingerprint density at radius 2 is 1.88 bits per heavy atom. The average Bonchev–Trinajstić information content (AvgIpc) is 3.05. The molecule has 4 nitrogen and oxygen atoms in total. The highest BCUT2D eigenvalue weighted by Gasteiger charge is 2.17. The fourth-order valence-corrected chi connectivity index (χ4v) is 3.48. The summed E-state index contributed by atoms with van der Waals surface area (Å²) in [4.78, 5) is 2.39. The molecule has 0 radical (unpaired) electrons. The third-order valence-corrected chi connectivity index (χ3v) is 5.07. The van der Waals surface area contributed by atoms with Gasteiger partial charge in [-0.25, -0.2) is 0 Å². The monoisotopic (exact) mass is 341 g/mol. The van der Waals surface area contributed by atoms with Crippen LogP contribution < -0.4 is 5.32 Å². The van der Waals surface area contributed by atoms with Crippen LogP contribution in [0.1, 0.15) is 30.9 Å². The molecule has 136 valence electrons. The highest BCUT2D eigenvalue weighted by molar-refractivity contribution is 5.17. The van der Waals surface area contributed by atoms with Gasteiger partial charge in [-0.3, -0.25) is 0 Å². The van der Waals surface area contributed by atoms with Crippen LogP contribution in [0.5, 0.6) is 0 Å². The molecular weight excluding hydrogens is 310 g/mol. The van der Waals surface area contributed by atoms with E-state index in [0.717, 1.165) is 38.6 Å². The number of aromatic nitrogens is 1. The maximum atomic E-state index is 10.2. The first kappa shape index (κ1) is 18.2. The second-order valence-electron chi connectivity index (χ2n) is 7.45. The van der Waals surface area contributed by atoms with E-state index < -0.39 is 0 Å². The first-order valence-electron chi connectivity index (χ1n) is 9.49. The van der Waals surface area contributed by atoms with Crippen LogP contribution in [0.2, 0.25) is 0 Å². The van der Waals surface area contributed by atoms with Crippen molar-refractivity contribution in [2.75, 3.05) is 26.2 Å². The zero-order valence-corrected chi connectivity index (χ0v) is 15.3. The lowest BCUT2D eigenvalue weighted by Crippen LogP contribution is -2.41. The fourth-order valence-electron chi connectivity index (χ4n) is 3.48. The largest absolute Gasteiger partial charge is 0.390 e. The summed E-state index contributed by atoms with van der Waals surface area (Å²) in [5.74, 6) is 0.839. The highest BCUT2D eigenvalue weighted by atomic mass is 16.3. The fraction of sp³-hybridized carbons (Fsp3) is 0.524. The summed E-state index contributed by atoms with van der Waals surface area (Å²) < 4.78 is 2.21. The maximum absolute atomic E-state index is 10.2. The molecule has 1 aromatic carbocycles. The predicted molar refractivity (Wildman–Crippen MR) is 103 cm³/mol. The van der Waals surface area contributed by atoms with Crippen LogP contribution in [0.15, 0.2) is 48.8 Å². The van der Waals surface area contributed by atoms with Gasteiger partial charge in [-0.2, -0.15) is 0 Å². The summed E-state index contributed by atoms with van der Waals surface area (Å²) in [5, 5.41) is 13.6. The van der Waals surface area contributed by atoms with Gasteiger partial charge in [0.1, 0.15) is 0 Å². The molecule has 2 heterocycles. The zero-order chi connectivity index (χ0) is 17.5. The molecule has 1 aromatic heterocycles. The summed E-state index contributed by atoms with van der Waals surface area (Å²) >= 11 is 0. The first-order valence-corrected chi connectivity index (χ1v) is 9.49. The van der Waals surface area contributed by atoms with Crippen LogP contribution in [0.4, 0.5) is 0 Å². The van der Waals surface area contributed by atoms with E-state index in [1.54, 1.807) is 0 Å². The van der Waals surface area contributed by atoms with Crippen LogP contribution in [0.25, 0.3) is 0 Å². The lowest BCUT2D eigenvalue weighted by atomic mass is 9.99. The predicted octanol–water partition coefficient (Wildman–Crippen LogP) is 2.72. The molecule has 1 saturated heterocycles. The number of nitrogens with one attached hydrogen (secondary N) is 1. The van der Waals surface area contributed by atoms with E-state index in [2.05, 4.69) is 64.4 Å². The van der Waals surface area contributed by atoms with Crippen LogP contribution >= 0.6 is 0 Å². The topological polar surface area (TPSA) is 40.4 Å². The van der Waals surface area contributed by atoms with Crippen LogP contribution in [0, 0.1) is 5.92 Å². The lowest BCUT2D eigenvalue weighted by Gasteiger charge is -2.31. The Hall–Kier alpha value is -1.62. The molecule has 0 aliphatic carbocycles. The van der Waals surface area contributed by atoms with Gasteiger partial charge in [0.2, 0.25) is 0 Å². The number of aliphatic hydroxyl groups is 1. The number of nitrogens with zero attached hydrogens (tertiary/aromatic N) is 2. The number of β-amino-alcohol motifs (C(OH)–C–C–N with tert-alkyl or cyclic N) is 1. The Labute approximate surface area is 151 Å². The minimum Gasteiger partial charge on any atom is -0.390 e. The van der Waals surface area contributed by atoms with Gasteiger partial charge in [0, 0.05) is 38.6 Å². The lowest BCUT2D eigenvalue weighted by molar-refractivity contribution is 0.0907. The van der Waals surface area contributed by atoms with Gasteiger partial charge >= 0.3 is 0 Å². The molecule has 1 atom stereocenters. The number of rotatable bonds is 8. The Morgan fingerprint density at radius 1 is 1.12 bits per heavy atom. The van der Waals surface area contributed by atoms with Gasteiger partial charge in [-0.15, -0.1) is 0 Å². The summed E-state index contributed by atoms with van der Waals surface area (Å²) in [7, 11) is 0. The van der Waals surface area contributed by atoms with E-state index in [-0.39, 0.29) is 6.10 Å². The Bertz CT molecular complexity index is 617. The van der Waals surface area contributed by atoms with Gasteiger partial charge in [0.25, 0.3) is 0 Å². The Morgan fingerprint density at radius 3 is 2.64 bits per heavy atom. The van der Waals surface area contributed by atoms with Crippen molar-refractivity contribution in [2.24, 2.45) is 5.92 Å². The summed E-state index contributed by atoms with van der Waals surface area (Å²) in [6.07, 6.45) is 6.53. The SMILES string of the molecule is CC1CCN(CC(O)CNCc2ccn(Cc3ccccc3)c2)CC1. The third kappa shape index (κ3) is 5.99. The molecule has 0 saturated carbocycles. The van der Waals surface area contributed by atoms with Gasteiger partial charge in [0.05, 0.1) is 6.10 Å². The molecule has 1 aliphatic heterocycles. The van der Waals surface area contributed by atoms with Gasteiger partial charge in [-0.1, -0.05) is 37.3 Å². The molecule has 0 spiro atoms. The molecule has 1 unspecified atom stereocenters. The molecule has 0 amide bonds. The molecule has 1 aliphatic rings. The second kappa shape index (κ2) is 9.18. The van der Waals surface area contributed by atoms with E-state index in [4.69, 9.17) is 0 Å². The Kier molecular flexibility index (Phi) is 6.68. The van der Waals surface area contributed by atoms with Crippen molar-refractivity contribution in [3.63, 3.8) is 0 Å². The van der Waals surface area contributed by atoms with Gasteiger partial charge in [-0.05, 0) is 49.0 Å². The van der Waals surface area contributed by atoms with Crippen molar-refractivity contribution in [3.8, 4) is 0 Å². The van der Waals surface area contributed by atoms with Crippen molar-refractivity contribution in [1.29, 1.82) is 0 Å². The van der Waals surface area contributed by atoms with Crippen molar-refractivity contribution >= 4 is 0 Å². The molecular formula is C21H31N3O. The van der Waals surface area contributed by atoms with E-state index in [1.807, 2.05) is 6.07 Å². The summed E-state index contributed by atoms with van der Waals surface area (Å²) in [6, 6.07) is 12.6. The smallest absolute Gasteiger partial charge is 0.0791 e. The van der Waals surface area contributed by atoms with Crippen LogP contribution in [0.3, 0.4) is 0 Å². The number of hydrogen-bond acceptors (Lipinski definition) is 3. The third-order valence-electron chi connectivity index (χ3n) is 5.07. The van der Waals surface area contributed by atoms with Crippen molar-refractivity contribution in [3.05, 3.63) is 59.9 Å². The Balaban J connectivity index is 1.36. The minimum absolute atomic E-state index is 0.292. The number of hydrogen-bond donors (Lipinski definition) is 2. The molecule has 3 rings (SSSR count). The standard InChI is InChI=1S/C21H31N3O/c1-18-7-10-23(11-8-18)17-21(25)14-22-13-20-9-12-24(16-20)15-19-5-3-2-4-6-19/h2-6,9,12,16,18,21-22,25H,7-8,10-11,13-15,17H2,1H3. The van der Waals surface area contributed by atoms with Crippen molar-refractivity contribution in [1.82, 2.24) is 14.8 Å². The number of likely N-dealkylation sites (tertiary alicyclic amines) is 1. The number of piperidine rings is 1. The molecule has 4 heteroatoms. The highest BCUT2D eigenvalue weighted by Crippen LogP contribution is 2.15. The van der Waals surface area contributed by atoms with Crippen molar-refractivity contribution in [2.45, 2.75) is 39.0 Å². The summed E-state index contributed by atoms with van der Waals surface area (Å²) in [5.41, 5.74) is 2.57. The van der Waals surface area contributed by atoms with Crippen molar-refractivity contribution < 1.29 is 5.11 Å². The average molecular weight is 341 g/mol. The molecule has 0 bridgehead atoms. The molecule has 2 N–H and O–H groups in total. The van der Waals surface area contributed by atoms with Crippen LogP contribution in [-0.2, 0) is 13.1 Å². The first-order chi connectivity index (χ1) is 12.2. The normalized spacial score (nSPS) is 17.7. The van der Waals surface area contributed by atoms with E-state index in [1.165, 1.54) is 24.0 Å². The molecule has 2 aromatic rings. The number of benzene rings is 1. The van der Waals surface area contributed by atoms with Gasteiger partial charge < -0.3 is 19.9 Å². The van der Waals surface area contributed by atoms with Gasteiger partial charge in [0.15, 0.2) is 0 Å². The van der Waals surface area contributed by atoms with E-state index >= 15 is 0 Å². The number of aliphatic hydroxyl groups excluding tert-OH is 1. The summed E-state index contributed by atoms with van der Waals surface area (Å²) in [6.45, 7) is 7.71. The van der Waals surface area contributed by atoms with Crippen LogP contribution in [-0.4, -0.2) is 46.9 Å². The van der Waals surface area contributed by atoms with E-state index in [0.29, 0.717) is 6.54 Å². The molecule has 1 fully saturated rings. The van der Waals surface area contributed by atoms with E-state index in [9.17, 15) is 5.11 Å². The molecule has 25 heavy (non-hydrogen) atoms. The minimum atomic E-state index is -0.292. The second-order valence-corrected chi connectivity index (χ2v) is 7.45. The zero-order valence-electron chi connectivity index (χ0n) is 15.3. The maximum Gasteiger partial charge on any atom is 0.0791 e.